The van der Waals surface area contributed by atoms with Gasteiger partial charge in [-0.2, -0.15) is 4.98 Å². The molecule has 0 saturated heterocycles. The first-order valence-corrected chi connectivity index (χ1v) is 9.27. The summed E-state index contributed by atoms with van der Waals surface area (Å²) in [6.07, 6.45) is 0. The van der Waals surface area contributed by atoms with E-state index < -0.39 is 10.0 Å². The number of sulfonamides is 1. The Morgan fingerprint density at radius 3 is 2.67 bits per heavy atom. The van der Waals surface area contributed by atoms with Crippen LogP contribution < -0.4 is 9.46 Å². The Morgan fingerprint density at radius 1 is 1.25 bits per heavy atom. The summed E-state index contributed by atoms with van der Waals surface area (Å²) in [4.78, 5) is 5.57. The minimum Gasteiger partial charge on any atom is -0.495 e. The Bertz CT molecular complexity index is 976. The zero-order chi connectivity index (χ0) is 17.3. The molecular formula is C15H15N3O4S2. The molecule has 0 aliphatic heterocycles. The number of methoxy groups -OCH3 is 1. The first kappa shape index (κ1) is 16.5. The summed E-state index contributed by atoms with van der Waals surface area (Å²) in [5, 5.41) is 3.82. The second kappa shape index (κ2) is 6.25. The molecule has 1 aromatic carbocycles. The molecule has 0 spiro atoms. The summed E-state index contributed by atoms with van der Waals surface area (Å²) in [7, 11) is -2.28. The van der Waals surface area contributed by atoms with Crippen LogP contribution in [0.4, 0.5) is 5.69 Å². The number of ether oxygens (including phenoxy) is 1. The van der Waals surface area contributed by atoms with Crippen molar-refractivity contribution in [2.45, 2.75) is 18.7 Å². The van der Waals surface area contributed by atoms with Crippen LogP contribution >= 0.6 is 11.3 Å². The zero-order valence-corrected chi connectivity index (χ0v) is 14.9. The van der Waals surface area contributed by atoms with E-state index in [1.165, 1.54) is 18.4 Å². The van der Waals surface area contributed by atoms with E-state index in [4.69, 9.17) is 9.26 Å². The van der Waals surface area contributed by atoms with Crippen molar-refractivity contribution >= 4 is 27.0 Å². The first-order chi connectivity index (χ1) is 11.4. The van der Waals surface area contributed by atoms with Crippen molar-refractivity contribution < 1.29 is 17.7 Å². The molecule has 0 amide bonds. The third-order valence-corrected chi connectivity index (χ3v) is 5.93. The van der Waals surface area contributed by atoms with Gasteiger partial charge in [0.2, 0.25) is 11.7 Å². The van der Waals surface area contributed by atoms with Gasteiger partial charge in [0, 0.05) is 11.8 Å². The molecule has 0 aliphatic rings. The lowest BCUT2D eigenvalue weighted by molar-refractivity contribution is 0.394. The van der Waals surface area contributed by atoms with E-state index in [0.29, 0.717) is 32.9 Å². The number of para-hydroxylation sites is 2. The van der Waals surface area contributed by atoms with Crippen LogP contribution in [0.2, 0.25) is 0 Å². The number of aryl methyl sites for hydroxylation is 2. The Morgan fingerprint density at radius 2 is 2.00 bits per heavy atom. The fraction of sp³-hybridized carbons (Fsp3) is 0.200. The van der Waals surface area contributed by atoms with E-state index in [2.05, 4.69) is 14.9 Å². The molecule has 0 bridgehead atoms. The van der Waals surface area contributed by atoms with Crippen LogP contribution in [0.3, 0.4) is 0 Å². The monoisotopic (exact) mass is 365 g/mol. The molecule has 0 radical (unpaired) electrons. The number of hydrogen-bond acceptors (Lipinski definition) is 7. The van der Waals surface area contributed by atoms with Gasteiger partial charge in [-0.1, -0.05) is 17.3 Å². The normalized spacial score (nSPS) is 11.5. The maximum Gasteiger partial charge on any atom is 0.263 e. The van der Waals surface area contributed by atoms with Crippen molar-refractivity contribution in [3.63, 3.8) is 0 Å². The smallest absolute Gasteiger partial charge is 0.263 e. The molecule has 9 heteroatoms. The van der Waals surface area contributed by atoms with E-state index >= 15 is 0 Å². The Balaban J connectivity index is 1.97. The predicted octanol–water partition coefficient (Wildman–Crippen LogP) is 3.22. The maximum absolute atomic E-state index is 12.7. The van der Waals surface area contributed by atoms with Crippen LogP contribution in [0.15, 0.2) is 39.8 Å². The second-order valence-corrected chi connectivity index (χ2v) is 7.88. The van der Waals surface area contributed by atoms with E-state index in [-0.39, 0.29) is 4.90 Å². The second-order valence-electron chi connectivity index (χ2n) is 4.97. The molecule has 0 fully saturated rings. The number of thiophene rings is 1. The van der Waals surface area contributed by atoms with Gasteiger partial charge in [-0.3, -0.25) is 4.72 Å². The fourth-order valence-electron chi connectivity index (χ4n) is 2.17. The van der Waals surface area contributed by atoms with E-state index in [9.17, 15) is 8.42 Å². The average Bonchev–Trinajstić information content (AvgIpc) is 3.13. The Kier molecular flexibility index (Phi) is 4.29. The van der Waals surface area contributed by atoms with E-state index in [1.807, 2.05) is 0 Å². The highest BCUT2D eigenvalue weighted by molar-refractivity contribution is 7.93. The molecule has 3 aromatic rings. The molecule has 126 valence electrons. The summed E-state index contributed by atoms with van der Waals surface area (Å²) < 4.78 is 38.1. The van der Waals surface area contributed by atoms with Crippen molar-refractivity contribution in [3.05, 3.63) is 41.1 Å². The van der Waals surface area contributed by atoms with Crippen molar-refractivity contribution in [1.29, 1.82) is 0 Å². The van der Waals surface area contributed by atoms with Gasteiger partial charge in [0.05, 0.1) is 17.7 Å². The Labute approximate surface area is 143 Å². The van der Waals surface area contributed by atoms with Gasteiger partial charge >= 0.3 is 0 Å². The molecule has 0 aliphatic carbocycles. The zero-order valence-electron chi connectivity index (χ0n) is 13.2. The van der Waals surface area contributed by atoms with Gasteiger partial charge in [0.25, 0.3) is 10.0 Å². The highest BCUT2D eigenvalue weighted by Gasteiger charge is 2.23. The van der Waals surface area contributed by atoms with E-state index in [0.717, 1.165) is 0 Å². The van der Waals surface area contributed by atoms with Crippen molar-refractivity contribution in [3.8, 4) is 16.5 Å². The van der Waals surface area contributed by atoms with Crippen molar-refractivity contribution in [2.24, 2.45) is 0 Å². The van der Waals surface area contributed by atoms with E-state index in [1.54, 1.807) is 44.2 Å². The summed E-state index contributed by atoms with van der Waals surface area (Å²) in [5.41, 5.74) is 0.377. The predicted molar refractivity (Wildman–Crippen MR) is 90.9 cm³/mol. The topological polar surface area (TPSA) is 94.3 Å². The van der Waals surface area contributed by atoms with Gasteiger partial charge in [-0.05, 0) is 25.1 Å². The minimum atomic E-state index is -3.76. The van der Waals surface area contributed by atoms with Gasteiger partial charge in [-0.25, -0.2) is 8.42 Å². The standard InChI is InChI=1S/C15H15N3O4S2/c1-9-14(8-13(23-9)15-16-10(2)22-17-15)24(19,20)18-11-6-4-5-7-12(11)21-3/h4-8,18H,1-3H3. The van der Waals surface area contributed by atoms with Gasteiger partial charge in [-0.15, -0.1) is 11.3 Å². The molecular weight excluding hydrogens is 350 g/mol. The molecule has 3 rings (SSSR count). The maximum atomic E-state index is 12.7. The van der Waals surface area contributed by atoms with Crippen molar-refractivity contribution in [1.82, 2.24) is 10.1 Å². The average molecular weight is 365 g/mol. The molecule has 0 saturated carbocycles. The SMILES string of the molecule is COc1ccccc1NS(=O)(=O)c1cc(-c2noc(C)n2)sc1C. The number of nitrogens with zero attached hydrogens (tertiary/aromatic N) is 2. The molecule has 24 heavy (non-hydrogen) atoms. The first-order valence-electron chi connectivity index (χ1n) is 6.97. The summed E-state index contributed by atoms with van der Waals surface area (Å²) in [5.74, 6) is 1.25. The van der Waals surface area contributed by atoms with Crippen molar-refractivity contribution in [2.75, 3.05) is 11.8 Å². The number of nitrogens with one attached hydrogen (secondary N) is 1. The van der Waals surface area contributed by atoms with Crippen LogP contribution in [0.1, 0.15) is 10.8 Å². The van der Waals surface area contributed by atoms with Crippen LogP contribution in [-0.4, -0.2) is 25.7 Å². The molecule has 2 heterocycles. The fourth-order valence-corrected chi connectivity index (χ4v) is 4.76. The number of aromatic nitrogens is 2. The summed E-state index contributed by atoms with van der Waals surface area (Å²) in [6.45, 7) is 3.41. The number of benzene rings is 1. The number of anilines is 1. The third-order valence-electron chi connectivity index (χ3n) is 3.26. The lowest BCUT2D eigenvalue weighted by Crippen LogP contribution is -2.13. The van der Waals surface area contributed by atoms with Crippen LogP contribution in [-0.2, 0) is 10.0 Å². The third kappa shape index (κ3) is 3.13. The molecule has 7 nitrogen and oxygen atoms in total. The summed E-state index contributed by atoms with van der Waals surface area (Å²) >= 11 is 1.29. The lowest BCUT2D eigenvalue weighted by Gasteiger charge is -2.11. The summed E-state index contributed by atoms with van der Waals surface area (Å²) in [6, 6.07) is 8.37. The van der Waals surface area contributed by atoms with Gasteiger partial charge in [0.15, 0.2) is 0 Å². The van der Waals surface area contributed by atoms with Gasteiger partial charge < -0.3 is 9.26 Å². The molecule has 0 atom stereocenters. The lowest BCUT2D eigenvalue weighted by atomic mass is 10.3. The highest BCUT2D eigenvalue weighted by Crippen LogP contribution is 2.34. The highest BCUT2D eigenvalue weighted by atomic mass is 32.2. The molecule has 0 unspecified atom stereocenters. The quantitative estimate of drug-likeness (QED) is 0.746. The number of hydrogen-bond donors (Lipinski definition) is 1. The van der Waals surface area contributed by atoms with Crippen LogP contribution in [0.5, 0.6) is 5.75 Å². The molecule has 1 N–H and O–H groups in total. The molecule has 2 aromatic heterocycles. The van der Waals surface area contributed by atoms with Gasteiger partial charge in [0.1, 0.15) is 10.6 Å². The largest absolute Gasteiger partial charge is 0.495 e. The minimum absolute atomic E-state index is 0.177. The van der Waals surface area contributed by atoms with Crippen LogP contribution in [0, 0.1) is 13.8 Å². The number of rotatable bonds is 5. The Hall–Kier alpha value is -2.39. The van der Waals surface area contributed by atoms with Crippen LogP contribution in [0.25, 0.3) is 10.7 Å².